The maximum absolute atomic E-state index is 9.04. The molecular weight excluding hydrogens is 600 g/mol. The molecule has 140 valence electrons. The van der Waals surface area contributed by atoms with Gasteiger partial charge in [0.15, 0.2) is 23.9 Å². The van der Waals surface area contributed by atoms with Crippen LogP contribution in [0.1, 0.15) is 0 Å². The maximum atomic E-state index is 9.04. The number of hydrogen-bond donors (Lipinski definition) is 4. The number of aliphatic carboxylic acids is 8. The zero-order chi connectivity index (χ0) is 20.6. The van der Waals surface area contributed by atoms with Crippen LogP contribution in [0.25, 0.3) is 0 Å². The van der Waals surface area contributed by atoms with Crippen LogP contribution >= 0.6 is 0 Å². The van der Waals surface area contributed by atoms with Crippen molar-refractivity contribution in [2.75, 3.05) is 0 Å². The Bertz CT molecular complexity index is 405. The molecule has 0 rings (SSSR count). The average molecular weight is 604 g/mol. The maximum Gasteiger partial charge on any atom is 1.00 e. The molecule has 0 bridgehead atoms. The predicted molar refractivity (Wildman–Crippen MR) is 50.6 cm³/mol. The van der Waals surface area contributed by atoms with Crippen LogP contribution in [0.4, 0.5) is 0 Å². The first-order valence-electron chi connectivity index (χ1n) is 4.34. The quantitative estimate of drug-likeness (QED) is 0.147. The number of carboxylic acids is 8. The Morgan fingerprint density at radius 2 is 0.414 bits per heavy atom. The van der Waals surface area contributed by atoms with E-state index in [2.05, 4.69) is 0 Å². The number of carboxylic acid groups (broad SMARTS) is 8. The van der Waals surface area contributed by atoms with E-state index in [4.69, 9.17) is 79.2 Å². The van der Waals surface area contributed by atoms with Crippen LogP contribution in [0.2, 0.25) is 0 Å². The van der Waals surface area contributed by atoms with Gasteiger partial charge in [0.2, 0.25) is 0 Å². The second-order valence-corrected chi connectivity index (χ2v) is 2.37. The summed E-state index contributed by atoms with van der Waals surface area (Å²) in [5.41, 5.74) is 0. The van der Waals surface area contributed by atoms with Gasteiger partial charge < -0.3 is 60.0 Å². The summed E-state index contributed by atoms with van der Waals surface area (Å²) < 4.78 is 0. The second-order valence-electron chi connectivity index (χ2n) is 2.37. The predicted octanol–water partition coefficient (Wildman–Crippen LogP) is -20.7. The van der Waals surface area contributed by atoms with Gasteiger partial charge in [0.05, 0.1) is 0 Å². The Labute approximate surface area is 349 Å². The minimum atomic E-state index is -2.07. The molecule has 0 aromatic carbocycles. The molecule has 0 unspecified atom stereocenters. The molecule has 0 radical (unpaired) electrons. The number of rotatable bonds is 0. The van der Waals surface area contributed by atoms with Gasteiger partial charge in [-0.2, -0.15) is 0 Å². The van der Waals surface area contributed by atoms with Gasteiger partial charge in [0, 0.05) is 26.2 Å². The fourth-order valence-corrected chi connectivity index (χ4v) is 0. The van der Waals surface area contributed by atoms with E-state index < -0.39 is 47.8 Å². The Hall–Kier alpha value is 3.19. The van der Waals surface area contributed by atoms with E-state index in [0.29, 0.717) is 0 Å². The molecule has 21 heteroatoms. The molecule has 29 heavy (non-hydrogen) atoms. The van der Waals surface area contributed by atoms with Crippen LogP contribution in [0.3, 0.4) is 0 Å². The molecule has 0 aromatic heterocycles. The SMILES string of the molecule is O=C([O-])C(=O)O.O=C([O-])C(=O)O.O=C([O-])C(=O)O.O=C([O-])C(=O)O.[K+].[K+].[K+].[K+].[Zr]. The van der Waals surface area contributed by atoms with Gasteiger partial charge >= 0.3 is 229 Å². The van der Waals surface area contributed by atoms with Crippen LogP contribution in [-0.2, 0) is 64.6 Å². The van der Waals surface area contributed by atoms with Crippen molar-refractivity contribution in [3.05, 3.63) is 0 Å². The van der Waals surface area contributed by atoms with Crippen LogP contribution in [0, 0.1) is 0 Å². The molecule has 0 aromatic rings. The minimum Gasteiger partial charge on any atom is -0.539 e. The summed E-state index contributed by atoms with van der Waals surface area (Å²) in [5.74, 6) is -16.0. The van der Waals surface area contributed by atoms with Crippen molar-refractivity contribution in [3.8, 4) is 0 Å². The molecule has 0 saturated carbocycles. The topological polar surface area (TPSA) is 310 Å². The van der Waals surface area contributed by atoms with Crippen molar-refractivity contribution in [2.45, 2.75) is 0 Å². The first-order valence-corrected chi connectivity index (χ1v) is 4.34. The van der Waals surface area contributed by atoms with Gasteiger partial charge in [-0.15, -0.1) is 0 Å². The van der Waals surface area contributed by atoms with Crippen LogP contribution < -0.4 is 226 Å². The standard InChI is InChI=1S/4C2H2O4.4K.Zr/c4*3-1(4)2(5)6;;;;;/h4*(H,3,4)(H,5,6);;;;;/q;;;;4*+1;/p-4. The smallest absolute Gasteiger partial charge is 0.539 e. The molecule has 0 aliphatic heterocycles. The summed E-state index contributed by atoms with van der Waals surface area (Å²) in [6.45, 7) is 0. The summed E-state index contributed by atoms with van der Waals surface area (Å²) in [5, 5.41) is 65.3. The molecule has 0 amide bonds. The van der Waals surface area contributed by atoms with E-state index in [-0.39, 0.29) is 232 Å². The third kappa shape index (κ3) is 72.2. The van der Waals surface area contributed by atoms with E-state index in [1.54, 1.807) is 0 Å². The van der Waals surface area contributed by atoms with E-state index in [0.717, 1.165) is 0 Å². The van der Waals surface area contributed by atoms with Crippen LogP contribution in [0.5, 0.6) is 0 Å². The van der Waals surface area contributed by atoms with Crippen LogP contribution in [-0.4, -0.2) is 68.2 Å². The van der Waals surface area contributed by atoms with E-state index >= 15 is 0 Å². The van der Waals surface area contributed by atoms with Crippen LogP contribution in [0.15, 0.2) is 0 Å². The monoisotopic (exact) mass is 602 g/mol. The Morgan fingerprint density at radius 1 is 0.379 bits per heavy atom. The van der Waals surface area contributed by atoms with E-state index in [9.17, 15) is 0 Å². The molecule has 0 heterocycles. The van der Waals surface area contributed by atoms with Gasteiger partial charge in [0.25, 0.3) is 0 Å². The van der Waals surface area contributed by atoms with Crippen molar-refractivity contribution in [1.82, 2.24) is 0 Å². The third-order valence-electron chi connectivity index (χ3n) is 0.698. The first-order chi connectivity index (χ1) is 10.6. The summed E-state index contributed by atoms with van der Waals surface area (Å²) in [6, 6.07) is 0. The fraction of sp³-hybridized carbons (Fsp3) is 0. The average Bonchev–Trinajstić information content (AvgIpc) is 2.40. The molecule has 4 N–H and O–H groups in total. The molecule has 0 aliphatic carbocycles. The summed E-state index contributed by atoms with van der Waals surface area (Å²) >= 11 is 0. The van der Waals surface area contributed by atoms with Gasteiger partial charge in [-0.05, 0) is 0 Å². The molecule has 16 nitrogen and oxygen atoms in total. The summed E-state index contributed by atoms with van der Waals surface area (Å²) in [4.78, 5) is 72.1. The normalized spacial score (nSPS) is 6.07. The van der Waals surface area contributed by atoms with Crippen molar-refractivity contribution < 1.29 is 311 Å². The van der Waals surface area contributed by atoms with Crippen molar-refractivity contribution in [1.29, 1.82) is 0 Å². The molecule has 0 saturated heterocycles. The first kappa shape index (κ1) is 58.2. The largest absolute Gasteiger partial charge is 1.00 e. The second kappa shape index (κ2) is 38.5. The van der Waals surface area contributed by atoms with Gasteiger partial charge in [-0.25, -0.2) is 19.2 Å². The third-order valence-corrected chi connectivity index (χ3v) is 0.698. The van der Waals surface area contributed by atoms with Crippen molar-refractivity contribution in [2.24, 2.45) is 0 Å². The summed E-state index contributed by atoms with van der Waals surface area (Å²) in [7, 11) is 0. The van der Waals surface area contributed by atoms with Crippen molar-refractivity contribution >= 4 is 47.8 Å². The molecule has 0 fully saturated rings. The molecule has 0 aliphatic rings. The van der Waals surface area contributed by atoms with Gasteiger partial charge in [-0.3, -0.25) is 0 Å². The molecule has 0 spiro atoms. The summed E-state index contributed by atoms with van der Waals surface area (Å²) in [6.07, 6.45) is 0. The fourth-order valence-electron chi connectivity index (χ4n) is 0. The molecular formula is C8H4K4O16Zr. The molecule has 0 atom stereocenters. The Kier molecular flexibility index (Phi) is 77.2. The Morgan fingerprint density at radius 3 is 0.414 bits per heavy atom. The zero-order valence-electron chi connectivity index (χ0n) is 15.2. The zero-order valence-corrected chi connectivity index (χ0v) is 30.1. The van der Waals surface area contributed by atoms with E-state index in [1.807, 2.05) is 0 Å². The Balaban J connectivity index is -0.0000000248. The number of carbonyl (C=O) groups is 8. The van der Waals surface area contributed by atoms with Gasteiger partial charge in [-0.1, -0.05) is 0 Å². The van der Waals surface area contributed by atoms with Gasteiger partial charge in [0.1, 0.15) is 0 Å². The van der Waals surface area contributed by atoms with E-state index in [1.165, 1.54) is 0 Å². The number of hydrogen-bond acceptors (Lipinski definition) is 12. The minimum absolute atomic E-state index is 0. The number of carbonyl (C=O) groups excluding carboxylic acids is 4. The van der Waals surface area contributed by atoms with Crippen molar-refractivity contribution in [3.63, 3.8) is 0 Å².